The third-order valence-corrected chi connectivity index (χ3v) is 10.4. The third kappa shape index (κ3) is 5.96. The predicted molar refractivity (Wildman–Crippen MR) is 163 cm³/mol. The molecular formula is C32H41ClN2O4S. The number of nitrogens with zero attached hydrogens (tertiary/aromatic N) is 2. The number of halogens is 1. The van der Waals surface area contributed by atoms with Gasteiger partial charge in [0.2, 0.25) is 5.91 Å². The van der Waals surface area contributed by atoms with Crippen LogP contribution in [0.1, 0.15) is 70.2 Å². The largest absolute Gasteiger partial charge is 0.491 e. The Morgan fingerprint density at radius 2 is 2.05 bits per heavy atom. The Morgan fingerprint density at radius 3 is 2.67 bits per heavy atom. The molecule has 1 aromatic heterocycles. The molecule has 1 amide bonds. The highest BCUT2D eigenvalue weighted by molar-refractivity contribution is 7.99. The minimum absolute atomic E-state index is 0.0366. The average Bonchev–Trinajstić information content (AvgIpc) is 3.46. The summed E-state index contributed by atoms with van der Waals surface area (Å²) in [6, 6.07) is 6.26. The van der Waals surface area contributed by atoms with Gasteiger partial charge in [-0.1, -0.05) is 37.5 Å². The van der Waals surface area contributed by atoms with Gasteiger partial charge in [-0.25, -0.2) is 0 Å². The number of hydrogen-bond acceptors (Lipinski definition) is 4. The second kappa shape index (κ2) is 11.8. The zero-order valence-electron chi connectivity index (χ0n) is 24.0. The minimum Gasteiger partial charge on any atom is -0.491 e. The Morgan fingerprint density at radius 1 is 1.27 bits per heavy atom. The number of hydrogen-bond donors (Lipinski definition) is 1. The van der Waals surface area contributed by atoms with Crippen molar-refractivity contribution in [3.05, 3.63) is 53.3 Å². The number of aliphatic carboxylic acids is 1. The van der Waals surface area contributed by atoms with E-state index < -0.39 is 11.4 Å². The fraction of sp³-hybridized carbons (Fsp3) is 0.562. The molecule has 0 radical (unpaired) electrons. The summed E-state index contributed by atoms with van der Waals surface area (Å²) < 4.78 is 8.67. The molecule has 2 fully saturated rings. The van der Waals surface area contributed by atoms with E-state index in [2.05, 4.69) is 35.8 Å². The van der Waals surface area contributed by atoms with Gasteiger partial charge in [0.05, 0.1) is 28.8 Å². The molecule has 2 aromatic rings. The molecule has 3 aliphatic rings. The number of alkyl halides is 1. The van der Waals surface area contributed by atoms with Crippen LogP contribution in [0, 0.1) is 18.3 Å². The molecular weight excluding hydrogens is 544 g/mol. The molecule has 40 heavy (non-hydrogen) atoms. The van der Waals surface area contributed by atoms with Crippen molar-refractivity contribution in [3.8, 4) is 5.75 Å². The van der Waals surface area contributed by atoms with Gasteiger partial charge in [-0.2, -0.15) is 0 Å². The molecule has 1 saturated heterocycles. The van der Waals surface area contributed by atoms with E-state index in [1.54, 1.807) is 18.7 Å². The number of carboxylic acid groups (broad SMARTS) is 1. The molecule has 6 nitrogen and oxygen atoms in total. The molecule has 0 spiro atoms. The lowest BCUT2D eigenvalue weighted by Crippen LogP contribution is -2.38. The number of rotatable bonds is 10. The molecule has 5 rings (SSSR count). The zero-order valence-corrected chi connectivity index (χ0v) is 25.6. The second-order valence-electron chi connectivity index (χ2n) is 12.3. The van der Waals surface area contributed by atoms with Crippen LogP contribution >= 0.6 is 23.4 Å². The van der Waals surface area contributed by atoms with Crippen LogP contribution in [0.25, 0.3) is 10.9 Å². The van der Waals surface area contributed by atoms with Gasteiger partial charge in [0.1, 0.15) is 12.4 Å². The van der Waals surface area contributed by atoms with Crippen molar-refractivity contribution in [2.45, 2.75) is 83.7 Å². The summed E-state index contributed by atoms with van der Waals surface area (Å²) in [5, 5.41) is 11.2. The number of carbonyl (C=O) groups is 2. The number of ether oxygens (including phenoxy) is 1. The van der Waals surface area contributed by atoms with Gasteiger partial charge in [0.15, 0.2) is 0 Å². The number of carbonyl (C=O) groups excluding carboxylic acids is 1. The molecule has 1 N–H and O–H groups in total. The number of fused-ring (bicyclic) bond motifs is 1. The average molecular weight is 585 g/mol. The molecule has 1 saturated carbocycles. The highest BCUT2D eigenvalue weighted by atomic mass is 35.5. The number of benzene rings is 1. The fourth-order valence-electron chi connectivity index (χ4n) is 6.17. The van der Waals surface area contributed by atoms with Crippen LogP contribution < -0.4 is 4.74 Å². The van der Waals surface area contributed by atoms with Crippen LogP contribution in [-0.4, -0.2) is 56.1 Å². The van der Waals surface area contributed by atoms with Gasteiger partial charge in [0.25, 0.3) is 0 Å². The second-order valence-corrected chi connectivity index (χ2v) is 13.9. The van der Waals surface area contributed by atoms with E-state index in [0.717, 1.165) is 41.3 Å². The van der Waals surface area contributed by atoms with Crippen LogP contribution in [0.2, 0.25) is 0 Å². The summed E-state index contributed by atoms with van der Waals surface area (Å²) in [6.07, 6.45) is 12.3. The number of aromatic nitrogens is 1. The van der Waals surface area contributed by atoms with Gasteiger partial charge in [-0.05, 0) is 75.3 Å². The van der Waals surface area contributed by atoms with E-state index in [1.165, 1.54) is 35.9 Å². The first kappa shape index (κ1) is 29.1. The van der Waals surface area contributed by atoms with Gasteiger partial charge in [0, 0.05) is 29.3 Å². The maximum atomic E-state index is 12.2. The molecule has 216 valence electrons. The SMILES string of the molecule is CC(=O)N1CSCC1COc1ccc2c(c1)c(CC1CCC1)c(C)n2C(CC(C)(C)C(=O)O)C1=CCC(Cl)C=C1. The lowest BCUT2D eigenvalue weighted by Gasteiger charge is -2.31. The number of amides is 1. The Labute approximate surface area is 246 Å². The van der Waals surface area contributed by atoms with Crippen molar-refractivity contribution in [3.63, 3.8) is 0 Å². The highest BCUT2D eigenvalue weighted by Gasteiger charge is 2.35. The lowest BCUT2D eigenvalue weighted by atomic mass is 9.80. The van der Waals surface area contributed by atoms with Crippen LogP contribution in [0.3, 0.4) is 0 Å². The number of allylic oxidation sites excluding steroid dienone is 4. The van der Waals surface area contributed by atoms with Gasteiger partial charge in [-0.3, -0.25) is 9.59 Å². The predicted octanol–water partition coefficient (Wildman–Crippen LogP) is 7.13. The molecule has 2 heterocycles. The van der Waals surface area contributed by atoms with Crippen LogP contribution in [0.15, 0.2) is 42.0 Å². The van der Waals surface area contributed by atoms with Gasteiger partial charge in [-0.15, -0.1) is 23.4 Å². The third-order valence-electron chi connectivity index (χ3n) is 8.95. The minimum atomic E-state index is -0.904. The first-order valence-corrected chi connectivity index (χ1v) is 16.0. The lowest BCUT2D eigenvalue weighted by molar-refractivity contribution is -0.147. The molecule has 1 aliphatic heterocycles. The Hall–Kier alpha value is -2.38. The van der Waals surface area contributed by atoms with E-state index in [-0.39, 0.29) is 23.4 Å². The first-order valence-electron chi connectivity index (χ1n) is 14.4. The molecule has 2 aliphatic carbocycles. The van der Waals surface area contributed by atoms with E-state index in [9.17, 15) is 14.7 Å². The quantitative estimate of drug-likeness (QED) is 0.301. The molecule has 8 heteroatoms. The van der Waals surface area contributed by atoms with Crippen molar-refractivity contribution in [2.24, 2.45) is 11.3 Å². The summed E-state index contributed by atoms with van der Waals surface area (Å²) in [4.78, 5) is 26.2. The van der Waals surface area contributed by atoms with E-state index >= 15 is 0 Å². The van der Waals surface area contributed by atoms with Crippen molar-refractivity contribution in [2.75, 3.05) is 18.2 Å². The molecule has 1 aromatic carbocycles. The molecule has 0 bridgehead atoms. The standard InChI is InChI=1S/C32H41ClN2O4S/c1-20-27(14-22-6-5-7-22)28-15-26(39-17-25-18-40-19-34(25)21(2)36)12-13-29(28)35(20)30(16-32(3,4)31(37)38)23-8-10-24(33)11-9-23/h8-10,12-13,15,22,24-25,30H,5-7,11,14,16-19H2,1-4H3,(H,37,38). The highest BCUT2D eigenvalue weighted by Crippen LogP contribution is 2.43. The Balaban J connectivity index is 1.54. The van der Waals surface area contributed by atoms with Crippen molar-refractivity contribution >= 4 is 46.1 Å². The zero-order chi connectivity index (χ0) is 28.6. The molecule has 3 atom stereocenters. The van der Waals surface area contributed by atoms with E-state index in [1.807, 2.05) is 30.9 Å². The Bertz CT molecular complexity index is 1340. The summed E-state index contributed by atoms with van der Waals surface area (Å²) >= 11 is 8.14. The van der Waals surface area contributed by atoms with E-state index in [0.29, 0.717) is 18.9 Å². The summed E-state index contributed by atoms with van der Waals surface area (Å²) in [5.74, 6) is 2.39. The Kier molecular flexibility index (Phi) is 8.63. The summed E-state index contributed by atoms with van der Waals surface area (Å²) in [6.45, 7) is 7.91. The van der Waals surface area contributed by atoms with Gasteiger partial charge >= 0.3 is 5.97 Å². The molecule has 3 unspecified atom stereocenters. The van der Waals surface area contributed by atoms with Crippen molar-refractivity contribution < 1.29 is 19.4 Å². The van der Waals surface area contributed by atoms with E-state index in [4.69, 9.17) is 16.3 Å². The monoisotopic (exact) mass is 584 g/mol. The first-order chi connectivity index (χ1) is 19.0. The van der Waals surface area contributed by atoms with Crippen LogP contribution in [0.4, 0.5) is 0 Å². The number of thioether (sulfide) groups is 1. The van der Waals surface area contributed by atoms with Gasteiger partial charge < -0.3 is 19.3 Å². The maximum Gasteiger partial charge on any atom is 0.309 e. The van der Waals surface area contributed by atoms with Crippen LogP contribution in [-0.2, 0) is 16.0 Å². The smallest absolute Gasteiger partial charge is 0.309 e. The maximum absolute atomic E-state index is 12.2. The fourth-order valence-corrected chi connectivity index (χ4v) is 7.58. The number of carboxylic acids is 1. The van der Waals surface area contributed by atoms with Crippen LogP contribution in [0.5, 0.6) is 5.75 Å². The summed E-state index contributed by atoms with van der Waals surface area (Å²) in [7, 11) is 0. The topological polar surface area (TPSA) is 71.8 Å². The van der Waals surface area contributed by atoms with Crippen molar-refractivity contribution in [1.29, 1.82) is 0 Å². The van der Waals surface area contributed by atoms with Crippen molar-refractivity contribution in [1.82, 2.24) is 9.47 Å². The normalized spacial score (nSPS) is 22.3. The summed E-state index contributed by atoms with van der Waals surface area (Å²) in [5.41, 5.74) is 3.85.